The molecule has 0 bridgehead atoms. The molecule has 0 unspecified atom stereocenters. The average Bonchev–Trinajstić information content (AvgIpc) is 2.43. The Morgan fingerprint density at radius 2 is 1.86 bits per heavy atom. The SMILES string of the molecule is CCNc1ccc(C(=O)Nc2c(F)cc(F)cc2Cl)cc1. The average molecular weight is 311 g/mol. The van der Waals surface area contributed by atoms with E-state index < -0.39 is 17.5 Å². The molecule has 0 saturated heterocycles. The molecule has 0 spiro atoms. The van der Waals surface area contributed by atoms with Gasteiger partial charge in [0.25, 0.3) is 5.91 Å². The molecule has 0 saturated carbocycles. The Hall–Kier alpha value is -2.14. The van der Waals surface area contributed by atoms with Gasteiger partial charge in [0.1, 0.15) is 5.82 Å². The zero-order valence-corrected chi connectivity index (χ0v) is 12.0. The molecule has 0 aliphatic rings. The van der Waals surface area contributed by atoms with Crippen LogP contribution in [-0.2, 0) is 0 Å². The molecule has 3 nitrogen and oxygen atoms in total. The van der Waals surface area contributed by atoms with E-state index >= 15 is 0 Å². The predicted octanol–water partition coefficient (Wildman–Crippen LogP) is 4.30. The van der Waals surface area contributed by atoms with E-state index in [4.69, 9.17) is 11.6 Å². The lowest BCUT2D eigenvalue weighted by molar-refractivity contribution is 0.102. The summed E-state index contributed by atoms with van der Waals surface area (Å²) in [7, 11) is 0. The lowest BCUT2D eigenvalue weighted by atomic mass is 10.2. The van der Waals surface area contributed by atoms with Crippen molar-refractivity contribution in [2.75, 3.05) is 17.2 Å². The summed E-state index contributed by atoms with van der Waals surface area (Å²) >= 11 is 5.73. The van der Waals surface area contributed by atoms with Gasteiger partial charge >= 0.3 is 0 Å². The van der Waals surface area contributed by atoms with Crippen molar-refractivity contribution in [2.45, 2.75) is 6.92 Å². The maximum atomic E-state index is 13.6. The summed E-state index contributed by atoms with van der Waals surface area (Å²) in [5, 5.41) is 5.24. The Bertz CT molecular complexity index is 636. The molecule has 0 fully saturated rings. The van der Waals surface area contributed by atoms with E-state index in [0.717, 1.165) is 18.3 Å². The van der Waals surface area contributed by atoms with Crippen molar-refractivity contribution in [1.82, 2.24) is 0 Å². The summed E-state index contributed by atoms with van der Waals surface area (Å²) in [6, 6.07) is 8.28. The molecule has 2 aromatic rings. The van der Waals surface area contributed by atoms with E-state index in [1.807, 2.05) is 6.92 Å². The number of hydrogen-bond acceptors (Lipinski definition) is 2. The predicted molar refractivity (Wildman–Crippen MR) is 79.9 cm³/mol. The molecule has 1 amide bonds. The van der Waals surface area contributed by atoms with Crippen molar-refractivity contribution < 1.29 is 13.6 Å². The van der Waals surface area contributed by atoms with Gasteiger partial charge in [0.15, 0.2) is 5.82 Å². The molecule has 6 heteroatoms. The lowest BCUT2D eigenvalue weighted by Crippen LogP contribution is -2.13. The minimum atomic E-state index is -0.919. The van der Waals surface area contributed by atoms with Crippen molar-refractivity contribution in [1.29, 1.82) is 0 Å². The number of anilines is 2. The molecule has 2 rings (SSSR count). The summed E-state index contributed by atoms with van der Waals surface area (Å²) in [6.45, 7) is 2.72. The molecule has 0 aliphatic heterocycles. The normalized spacial score (nSPS) is 10.3. The van der Waals surface area contributed by atoms with Crippen LogP contribution in [0, 0.1) is 11.6 Å². The van der Waals surface area contributed by atoms with Crippen LogP contribution in [0.4, 0.5) is 20.2 Å². The van der Waals surface area contributed by atoms with Crippen LogP contribution in [0.5, 0.6) is 0 Å². The largest absolute Gasteiger partial charge is 0.385 e. The molecule has 21 heavy (non-hydrogen) atoms. The zero-order chi connectivity index (χ0) is 15.4. The van der Waals surface area contributed by atoms with Gasteiger partial charge in [-0.15, -0.1) is 0 Å². The van der Waals surface area contributed by atoms with Crippen LogP contribution >= 0.6 is 11.6 Å². The smallest absolute Gasteiger partial charge is 0.255 e. The van der Waals surface area contributed by atoms with Gasteiger partial charge in [0, 0.05) is 23.9 Å². The van der Waals surface area contributed by atoms with Crippen LogP contribution in [0.1, 0.15) is 17.3 Å². The molecule has 0 aliphatic carbocycles. The highest BCUT2D eigenvalue weighted by molar-refractivity contribution is 6.34. The van der Waals surface area contributed by atoms with E-state index in [1.165, 1.54) is 0 Å². The Morgan fingerprint density at radius 1 is 1.19 bits per heavy atom. The topological polar surface area (TPSA) is 41.1 Å². The molecular formula is C15H13ClF2N2O. The Labute approximate surface area is 125 Å². The number of carbonyl (C=O) groups excluding carboxylic acids is 1. The summed E-state index contributed by atoms with van der Waals surface area (Å²) in [4.78, 5) is 12.0. The van der Waals surface area contributed by atoms with Crippen molar-refractivity contribution in [3.63, 3.8) is 0 Å². The summed E-state index contributed by atoms with van der Waals surface area (Å²) in [6.07, 6.45) is 0. The van der Waals surface area contributed by atoms with Crippen molar-refractivity contribution in [3.8, 4) is 0 Å². The van der Waals surface area contributed by atoms with Gasteiger partial charge in [-0.05, 0) is 37.3 Å². The minimum absolute atomic E-state index is 0.190. The third-order valence-corrected chi connectivity index (χ3v) is 3.07. The zero-order valence-electron chi connectivity index (χ0n) is 11.2. The highest BCUT2D eigenvalue weighted by Crippen LogP contribution is 2.27. The first-order chi connectivity index (χ1) is 10.0. The highest BCUT2D eigenvalue weighted by atomic mass is 35.5. The molecule has 0 atom stereocenters. The van der Waals surface area contributed by atoms with E-state index in [9.17, 15) is 13.6 Å². The fourth-order valence-electron chi connectivity index (χ4n) is 1.79. The van der Waals surface area contributed by atoms with Crippen LogP contribution < -0.4 is 10.6 Å². The van der Waals surface area contributed by atoms with Gasteiger partial charge in [0.05, 0.1) is 10.7 Å². The first-order valence-corrected chi connectivity index (χ1v) is 6.69. The number of nitrogens with one attached hydrogen (secondary N) is 2. The van der Waals surface area contributed by atoms with E-state index in [0.29, 0.717) is 11.6 Å². The van der Waals surface area contributed by atoms with Crippen LogP contribution in [-0.4, -0.2) is 12.5 Å². The van der Waals surface area contributed by atoms with Crippen molar-refractivity contribution in [3.05, 3.63) is 58.6 Å². The van der Waals surface area contributed by atoms with Crippen LogP contribution in [0.3, 0.4) is 0 Å². The fourth-order valence-corrected chi connectivity index (χ4v) is 2.03. The Balaban J connectivity index is 2.18. The summed E-state index contributed by atoms with van der Waals surface area (Å²) in [5.74, 6) is -2.24. The van der Waals surface area contributed by atoms with Gasteiger partial charge in [-0.2, -0.15) is 0 Å². The Kier molecular flexibility index (Phi) is 4.75. The first kappa shape index (κ1) is 15.3. The van der Waals surface area contributed by atoms with Gasteiger partial charge in [-0.3, -0.25) is 4.79 Å². The second-order valence-corrected chi connectivity index (χ2v) is 4.71. The van der Waals surface area contributed by atoms with Crippen LogP contribution in [0.2, 0.25) is 5.02 Å². The van der Waals surface area contributed by atoms with E-state index in [2.05, 4.69) is 10.6 Å². The number of rotatable bonds is 4. The number of carbonyl (C=O) groups is 1. The second-order valence-electron chi connectivity index (χ2n) is 4.31. The van der Waals surface area contributed by atoms with Gasteiger partial charge in [-0.25, -0.2) is 8.78 Å². The molecule has 110 valence electrons. The summed E-state index contributed by atoms with van der Waals surface area (Å²) in [5.41, 5.74) is 0.982. The second kappa shape index (κ2) is 6.54. The lowest BCUT2D eigenvalue weighted by Gasteiger charge is -2.09. The maximum Gasteiger partial charge on any atom is 0.255 e. The third-order valence-electron chi connectivity index (χ3n) is 2.77. The molecule has 2 N–H and O–H groups in total. The molecular weight excluding hydrogens is 298 g/mol. The van der Waals surface area contributed by atoms with Crippen molar-refractivity contribution >= 4 is 28.9 Å². The van der Waals surface area contributed by atoms with Crippen LogP contribution in [0.15, 0.2) is 36.4 Å². The van der Waals surface area contributed by atoms with Crippen molar-refractivity contribution in [2.24, 2.45) is 0 Å². The highest BCUT2D eigenvalue weighted by Gasteiger charge is 2.14. The van der Waals surface area contributed by atoms with E-state index in [1.54, 1.807) is 24.3 Å². The number of halogens is 3. The molecule has 2 aromatic carbocycles. The third kappa shape index (κ3) is 3.70. The number of amides is 1. The monoisotopic (exact) mass is 310 g/mol. The minimum Gasteiger partial charge on any atom is -0.385 e. The number of hydrogen-bond donors (Lipinski definition) is 2. The molecule has 0 heterocycles. The summed E-state index contributed by atoms with van der Waals surface area (Å²) < 4.78 is 26.5. The van der Waals surface area contributed by atoms with Crippen LogP contribution in [0.25, 0.3) is 0 Å². The maximum absolute atomic E-state index is 13.6. The number of benzene rings is 2. The fraction of sp³-hybridized carbons (Fsp3) is 0.133. The standard InChI is InChI=1S/C15H13ClF2N2O/c1-2-19-11-5-3-9(4-6-11)15(21)20-14-12(16)7-10(17)8-13(14)18/h3-8,19H,2H2,1H3,(H,20,21). The van der Waals surface area contributed by atoms with Gasteiger partial charge < -0.3 is 10.6 Å². The van der Waals surface area contributed by atoms with Gasteiger partial charge in [-0.1, -0.05) is 11.6 Å². The Morgan fingerprint density at radius 3 is 2.43 bits per heavy atom. The van der Waals surface area contributed by atoms with E-state index in [-0.39, 0.29) is 10.7 Å². The van der Waals surface area contributed by atoms with Gasteiger partial charge in [0.2, 0.25) is 0 Å². The first-order valence-electron chi connectivity index (χ1n) is 6.31. The molecule has 0 radical (unpaired) electrons. The quantitative estimate of drug-likeness (QED) is 0.884. The molecule has 0 aromatic heterocycles.